The number of anilines is 1. The zero-order valence-corrected chi connectivity index (χ0v) is 19.5. The van der Waals surface area contributed by atoms with E-state index in [0.29, 0.717) is 29.9 Å². The minimum absolute atomic E-state index is 0.00529. The molecule has 10 heteroatoms. The van der Waals surface area contributed by atoms with Crippen molar-refractivity contribution in [2.24, 2.45) is 17.8 Å². The van der Waals surface area contributed by atoms with Crippen LogP contribution in [0.2, 0.25) is 0 Å². The van der Waals surface area contributed by atoms with E-state index in [2.05, 4.69) is 30.7 Å². The summed E-state index contributed by atoms with van der Waals surface area (Å²) < 4.78 is 5.53. The van der Waals surface area contributed by atoms with Gasteiger partial charge >= 0.3 is 0 Å². The third kappa shape index (κ3) is 3.74. The van der Waals surface area contributed by atoms with Crippen molar-refractivity contribution in [3.05, 3.63) is 24.3 Å². The maximum Gasteiger partial charge on any atom is 0.292 e. The summed E-state index contributed by atoms with van der Waals surface area (Å²) >= 11 is 0. The van der Waals surface area contributed by atoms with Crippen LogP contribution in [0.3, 0.4) is 0 Å². The molecule has 3 heterocycles. The highest BCUT2D eigenvalue weighted by molar-refractivity contribution is 5.97. The highest BCUT2D eigenvalue weighted by Gasteiger charge is 2.54. The van der Waals surface area contributed by atoms with Gasteiger partial charge in [0.25, 0.3) is 17.6 Å². The summed E-state index contributed by atoms with van der Waals surface area (Å²) in [5.74, 6) is 1.41. The quantitative estimate of drug-likeness (QED) is 0.418. The summed E-state index contributed by atoms with van der Waals surface area (Å²) in [5.41, 5.74) is 1.86. The molecule has 3 aromatic rings. The molecule has 7 rings (SSSR count). The van der Waals surface area contributed by atoms with Crippen LogP contribution in [0, 0.1) is 17.8 Å². The van der Waals surface area contributed by atoms with Crippen LogP contribution in [0.15, 0.2) is 23.0 Å². The number of likely N-dealkylation sites (N-methyl/N-ethyl adjacent to an activating group) is 1. The molecule has 4 saturated carbocycles. The predicted molar refractivity (Wildman–Crippen MR) is 126 cm³/mol. The second kappa shape index (κ2) is 8.06. The molecule has 3 aromatic heterocycles. The SMILES string of the molecule is CN(C)CCNC(=O)c1noc(-c2cnc3[nH]ccc3c2N[C@H]2C3CC4CC2C[C@@](O)(C4)C3)n1. The molecule has 0 aromatic carbocycles. The standard InChI is InChI=1S/C24H31N7O3/c1-31(2)6-5-26-22(32)21-29-23(34-30-21)17-12-27-20-16(3-4-25-20)19(17)28-18-14-7-13-8-15(18)11-24(33,9-13)10-14/h3-4,12-15,18,33H,5-11H2,1-2H3,(H,26,32)(H2,25,27,28)/t13?,14?,15?,18-,24+. The van der Waals surface area contributed by atoms with Crippen molar-refractivity contribution >= 4 is 22.6 Å². The largest absolute Gasteiger partial charge is 0.390 e. The van der Waals surface area contributed by atoms with Crippen molar-refractivity contribution in [2.45, 2.75) is 43.7 Å². The number of aromatic nitrogens is 4. The highest BCUT2D eigenvalue weighted by Crippen LogP contribution is 2.56. The van der Waals surface area contributed by atoms with E-state index in [-0.39, 0.29) is 23.7 Å². The second-order valence-electron chi connectivity index (χ2n) is 10.6. The van der Waals surface area contributed by atoms with Crippen molar-refractivity contribution in [2.75, 3.05) is 32.5 Å². The lowest BCUT2D eigenvalue weighted by molar-refractivity contribution is -0.129. The molecule has 4 aliphatic rings. The van der Waals surface area contributed by atoms with Crippen LogP contribution in [0.1, 0.15) is 42.7 Å². The zero-order valence-electron chi connectivity index (χ0n) is 19.5. The van der Waals surface area contributed by atoms with Gasteiger partial charge in [0.1, 0.15) is 5.65 Å². The Hall–Kier alpha value is -2.98. The Bertz CT molecular complexity index is 1200. The van der Waals surface area contributed by atoms with Gasteiger partial charge in [-0.3, -0.25) is 4.79 Å². The molecular formula is C24H31N7O3. The molecule has 4 bridgehead atoms. The number of pyridine rings is 1. The van der Waals surface area contributed by atoms with E-state index in [9.17, 15) is 9.90 Å². The van der Waals surface area contributed by atoms with E-state index in [1.54, 1.807) is 6.20 Å². The van der Waals surface area contributed by atoms with Crippen LogP contribution < -0.4 is 10.6 Å². The van der Waals surface area contributed by atoms with E-state index in [4.69, 9.17) is 4.52 Å². The lowest BCUT2D eigenvalue weighted by Gasteiger charge is -2.58. The van der Waals surface area contributed by atoms with Crippen LogP contribution in [0.5, 0.6) is 0 Å². The molecule has 0 aliphatic heterocycles. The summed E-state index contributed by atoms with van der Waals surface area (Å²) in [4.78, 5) is 26.5. The van der Waals surface area contributed by atoms with Crippen molar-refractivity contribution < 1.29 is 14.4 Å². The van der Waals surface area contributed by atoms with Gasteiger partial charge in [0, 0.05) is 36.9 Å². The molecule has 0 radical (unpaired) electrons. The molecule has 34 heavy (non-hydrogen) atoms. The second-order valence-corrected chi connectivity index (χ2v) is 10.6. The molecule has 10 nitrogen and oxygen atoms in total. The smallest absolute Gasteiger partial charge is 0.292 e. The fourth-order valence-electron chi connectivity index (χ4n) is 6.61. The molecule has 2 unspecified atom stereocenters. The van der Waals surface area contributed by atoms with Gasteiger partial charge in [-0.05, 0) is 70.0 Å². The number of hydrogen-bond acceptors (Lipinski definition) is 8. The van der Waals surface area contributed by atoms with Crippen LogP contribution >= 0.6 is 0 Å². The van der Waals surface area contributed by atoms with Crippen LogP contribution in [-0.2, 0) is 0 Å². The van der Waals surface area contributed by atoms with Gasteiger partial charge in [-0.25, -0.2) is 4.98 Å². The Morgan fingerprint density at radius 3 is 2.82 bits per heavy atom. The van der Waals surface area contributed by atoms with Gasteiger partial charge in [0.05, 0.1) is 16.9 Å². The first-order valence-electron chi connectivity index (χ1n) is 12.1. The molecule has 1 amide bonds. The number of carbonyl (C=O) groups is 1. The number of hydrogen-bond donors (Lipinski definition) is 4. The predicted octanol–water partition coefficient (Wildman–Crippen LogP) is 2.26. The monoisotopic (exact) mass is 465 g/mol. The first kappa shape index (κ1) is 21.5. The number of fused-ring (bicyclic) bond motifs is 1. The lowest BCUT2D eigenvalue weighted by atomic mass is 9.52. The zero-order chi connectivity index (χ0) is 23.4. The average molecular weight is 466 g/mol. The highest BCUT2D eigenvalue weighted by atomic mass is 16.5. The van der Waals surface area contributed by atoms with E-state index < -0.39 is 5.60 Å². The maximum atomic E-state index is 12.5. The minimum atomic E-state index is -0.486. The normalized spacial score (nSPS) is 29.8. The number of carbonyl (C=O) groups excluding carboxylic acids is 1. The number of aliphatic hydroxyl groups is 1. The van der Waals surface area contributed by atoms with Gasteiger partial charge in [-0.1, -0.05) is 5.16 Å². The van der Waals surface area contributed by atoms with Crippen molar-refractivity contribution in [1.82, 2.24) is 30.3 Å². The number of nitrogens with one attached hydrogen (secondary N) is 3. The summed E-state index contributed by atoms with van der Waals surface area (Å²) in [7, 11) is 3.89. The Labute approximate surface area is 197 Å². The first-order valence-corrected chi connectivity index (χ1v) is 12.1. The number of aromatic amines is 1. The third-order valence-electron chi connectivity index (χ3n) is 7.84. The average Bonchev–Trinajstić information content (AvgIpc) is 3.44. The van der Waals surface area contributed by atoms with Crippen LogP contribution in [0.4, 0.5) is 5.69 Å². The van der Waals surface area contributed by atoms with Crippen molar-refractivity contribution in [1.29, 1.82) is 0 Å². The summed E-state index contributed by atoms with van der Waals surface area (Å²) in [6.45, 7) is 1.22. The molecule has 4 aliphatic carbocycles. The lowest BCUT2D eigenvalue weighted by Crippen LogP contribution is -2.59. The van der Waals surface area contributed by atoms with E-state index in [0.717, 1.165) is 55.4 Å². The van der Waals surface area contributed by atoms with Gasteiger partial charge in [-0.2, -0.15) is 4.98 Å². The van der Waals surface area contributed by atoms with Crippen LogP contribution in [-0.4, -0.2) is 74.8 Å². The number of rotatable bonds is 7. The topological polar surface area (TPSA) is 132 Å². The summed E-state index contributed by atoms with van der Waals surface area (Å²) in [6, 6.07) is 2.26. The fraction of sp³-hybridized carbons (Fsp3) is 0.583. The first-order chi connectivity index (χ1) is 16.4. The van der Waals surface area contributed by atoms with Gasteiger partial charge in [0.2, 0.25) is 0 Å². The Balaban J connectivity index is 1.29. The van der Waals surface area contributed by atoms with E-state index in [1.165, 1.54) is 0 Å². The Morgan fingerprint density at radius 1 is 1.29 bits per heavy atom. The molecule has 4 N–H and O–H groups in total. The fourth-order valence-corrected chi connectivity index (χ4v) is 6.61. The molecule has 180 valence electrons. The minimum Gasteiger partial charge on any atom is -0.390 e. The number of H-pyrrole nitrogens is 1. The van der Waals surface area contributed by atoms with E-state index >= 15 is 0 Å². The summed E-state index contributed by atoms with van der Waals surface area (Å²) in [5, 5.41) is 22.5. The molecule has 0 saturated heterocycles. The van der Waals surface area contributed by atoms with Gasteiger partial charge in [-0.15, -0.1) is 0 Å². The Kier molecular flexibility index (Phi) is 5.11. The van der Waals surface area contributed by atoms with Crippen molar-refractivity contribution in [3.63, 3.8) is 0 Å². The Morgan fingerprint density at radius 2 is 2.09 bits per heavy atom. The number of nitrogens with zero attached hydrogens (tertiary/aromatic N) is 4. The maximum absolute atomic E-state index is 12.5. The third-order valence-corrected chi connectivity index (χ3v) is 7.84. The summed E-state index contributed by atoms with van der Waals surface area (Å²) in [6.07, 6.45) is 8.56. The van der Waals surface area contributed by atoms with E-state index in [1.807, 2.05) is 31.3 Å². The number of amides is 1. The molecular weight excluding hydrogens is 434 g/mol. The molecule has 2 atom stereocenters. The van der Waals surface area contributed by atoms with Crippen molar-refractivity contribution in [3.8, 4) is 11.5 Å². The van der Waals surface area contributed by atoms with Crippen LogP contribution in [0.25, 0.3) is 22.5 Å². The van der Waals surface area contributed by atoms with Gasteiger partial charge < -0.3 is 30.1 Å². The molecule has 4 fully saturated rings. The van der Waals surface area contributed by atoms with Gasteiger partial charge in [0.15, 0.2) is 0 Å². The molecule has 0 spiro atoms.